The lowest BCUT2D eigenvalue weighted by atomic mass is 9.93. The summed E-state index contributed by atoms with van der Waals surface area (Å²) in [7, 11) is 1.93. The van der Waals surface area contributed by atoms with Gasteiger partial charge in [-0.05, 0) is 69.6 Å². The molecule has 1 aromatic rings. The van der Waals surface area contributed by atoms with Crippen molar-refractivity contribution in [3.63, 3.8) is 0 Å². The van der Waals surface area contributed by atoms with E-state index in [1.54, 1.807) is 0 Å². The molecule has 1 N–H and O–H groups in total. The first-order valence-electron chi connectivity index (χ1n) is 7.62. The van der Waals surface area contributed by atoms with Gasteiger partial charge in [0.15, 0.2) is 0 Å². The zero-order valence-electron chi connectivity index (χ0n) is 12.7. The third-order valence-corrected chi connectivity index (χ3v) is 4.25. The average Bonchev–Trinajstić information content (AvgIpc) is 2.47. The van der Waals surface area contributed by atoms with Crippen LogP contribution in [-0.4, -0.2) is 31.6 Å². The van der Waals surface area contributed by atoms with E-state index in [4.69, 9.17) is 0 Å². The minimum absolute atomic E-state index is 0.447. The summed E-state index contributed by atoms with van der Waals surface area (Å²) in [5.74, 6) is -0.523. The number of halogens is 4. The van der Waals surface area contributed by atoms with Crippen molar-refractivity contribution in [2.75, 3.05) is 26.7 Å². The number of rotatable bonds is 5. The van der Waals surface area contributed by atoms with Crippen molar-refractivity contribution in [1.29, 1.82) is 0 Å². The molecule has 0 aromatic heterocycles. The van der Waals surface area contributed by atoms with Crippen molar-refractivity contribution in [1.82, 2.24) is 10.2 Å². The molecule has 0 unspecified atom stereocenters. The topological polar surface area (TPSA) is 15.3 Å². The summed E-state index contributed by atoms with van der Waals surface area (Å²) in [6, 6.07) is 3.29. The molecule has 0 saturated carbocycles. The quantitative estimate of drug-likeness (QED) is 0.834. The minimum Gasteiger partial charge on any atom is -0.320 e. The molecule has 2 rings (SSSR count). The molecule has 1 aliphatic heterocycles. The minimum atomic E-state index is -4.64. The third-order valence-electron chi connectivity index (χ3n) is 4.25. The number of hydrogen-bond donors (Lipinski definition) is 1. The first kappa shape index (κ1) is 17.2. The first-order valence-corrected chi connectivity index (χ1v) is 7.62. The summed E-state index contributed by atoms with van der Waals surface area (Å²) < 4.78 is 51.4. The van der Waals surface area contributed by atoms with Crippen molar-refractivity contribution in [2.24, 2.45) is 5.92 Å². The van der Waals surface area contributed by atoms with Crippen LogP contribution in [0.3, 0.4) is 0 Å². The van der Waals surface area contributed by atoms with E-state index in [0.717, 1.165) is 51.0 Å². The number of nitrogens with zero attached hydrogens (tertiary/aromatic N) is 1. The Morgan fingerprint density at radius 1 is 1.23 bits per heavy atom. The maximum Gasteiger partial charge on any atom is 0.419 e. The summed E-state index contributed by atoms with van der Waals surface area (Å²) >= 11 is 0. The second kappa shape index (κ2) is 7.42. The predicted molar refractivity (Wildman–Crippen MR) is 77.9 cm³/mol. The molecule has 2 nitrogen and oxygen atoms in total. The molecule has 0 atom stereocenters. The van der Waals surface area contributed by atoms with E-state index < -0.39 is 17.6 Å². The Balaban J connectivity index is 1.92. The molecular weight excluding hydrogens is 296 g/mol. The molecule has 22 heavy (non-hydrogen) atoms. The number of benzene rings is 1. The molecule has 0 radical (unpaired) electrons. The lowest BCUT2D eigenvalue weighted by Crippen LogP contribution is -2.34. The Hall–Kier alpha value is -1.14. The molecule has 1 fully saturated rings. The fraction of sp³-hybridized carbons (Fsp3) is 0.625. The fourth-order valence-corrected chi connectivity index (χ4v) is 2.93. The molecule has 1 heterocycles. The van der Waals surface area contributed by atoms with Gasteiger partial charge in [0.2, 0.25) is 0 Å². The Morgan fingerprint density at radius 3 is 2.50 bits per heavy atom. The zero-order chi connectivity index (χ0) is 16.2. The van der Waals surface area contributed by atoms with Crippen LogP contribution in [0.25, 0.3) is 0 Å². The van der Waals surface area contributed by atoms with Gasteiger partial charge < -0.3 is 5.32 Å². The molecule has 6 heteroatoms. The number of likely N-dealkylation sites (tertiary alicyclic amines) is 1. The molecule has 0 aliphatic carbocycles. The van der Waals surface area contributed by atoms with E-state index in [-0.39, 0.29) is 0 Å². The van der Waals surface area contributed by atoms with Crippen molar-refractivity contribution >= 4 is 0 Å². The van der Waals surface area contributed by atoms with Crippen LogP contribution in [-0.2, 0) is 12.7 Å². The van der Waals surface area contributed by atoms with Gasteiger partial charge in [-0.15, -0.1) is 0 Å². The van der Waals surface area contributed by atoms with Crippen LogP contribution in [0, 0.1) is 11.7 Å². The molecular formula is C16H22F4N2. The van der Waals surface area contributed by atoms with Crippen LogP contribution in [0.2, 0.25) is 0 Å². The van der Waals surface area contributed by atoms with E-state index in [9.17, 15) is 17.6 Å². The van der Waals surface area contributed by atoms with Gasteiger partial charge in [-0.2, -0.15) is 13.2 Å². The van der Waals surface area contributed by atoms with Crippen molar-refractivity contribution in [3.05, 3.63) is 35.1 Å². The highest BCUT2D eigenvalue weighted by molar-refractivity contribution is 5.27. The molecule has 0 spiro atoms. The Kier molecular flexibility index (Phi) is 5.81. The Bertz CT molecular complexity index is 480. The maximum atomic E-state index is 13.3. The zero-order valence-corrected chi connectivity index (χ0v) is 12.7. The van der Waals surface area contributed by atoms with Gasteiger partial charge in [0.25, 0.3) is 0 Å². The summed E-state index contributed by atoms with van der Waals surface area (Å²) in [5.41, 5.74) is -0.656. The smallest absolute Gasteiger partial charge is 0.320 e. The number of hydrogen-bond acceptors (Lipinski definition) is 2. The highest BCUT2D eigenvalue weighted by atomic mass is 19.4. The lowest BCUT2D eigenvalue weighted by Gasteiger charge is -2.32. The molecule has 0 amide bonds. The van der Waals surface area contributed by atoms with E-state index in [2.05, 4.69) is 10.2 Å². The number of piperidine rings is 1. The van der Waals surface area contributed by atoms with Crippen LogP contribution >= 0.6 is 0 Å². The summed E-state index contributed by atoms with van der Waals surface area (Å²) in [5, 5.41) is 3.14. The van der Waals surface area contributed by atoms with Gasteiger partial charge in [0.1, 0.15) is 5.82 Å². The highest BCUT2D eigenvalue weighted by Crippen LogP contribution is 2.32. The molecule has 124 valence electrons. The largest absolute Gasteiger partial charge is 0.419 e. The van der Waals surface area contributed by atoms with E-state index in [1.807, 2.05) is 7.05 Å². The predicted octanol–water partition coefficient (Wildman–Crippen LogP) is 3.67. The SMILES string of the molecule is CNCCC1CCN(Cc2ccc(F)c(C(F)(F)F)c2)CC1. The van der Waals surface area contributed by atoms with E-state index in [1.165, 1.54) is 6.07 Å². The molecule has 0 bridgehead atoms. The third kappa shape index (κ3) is 4.68. The van der Waals surface area contributed by atoms with Crippen molar-refractivity contribution < 1.29 is 17.6 Å². The Labute approximate surface area is 128 Å². The molecule has 1 saturated heterocycles. The van der Waals surface area contributed by atoms with Crippen molar-refractivity contribution in [3.8, 4) is 0 Å². The first-order chi connectivity index (χ1) is 10.4. The van der Waals surface area contributed by atoms with Gasteiger partial charge in [-0.3, -0.25) is 4.90 Å². The van der Waals surface area contributed by atoms with Crippen LogP contribution in [0.4, 0.5) is 17.6 Å². The van der Waals surface area contributed by atoms with Crippen LogP contribution in [0.1, 0.15) is 30.4 Å². The highest BCUT2D eigenvalue weighted by Gasteiger charge is 2.34. The van der Waals surface area contributed by atoms with Gasteiger partial charge in [0, 0.05) is 6.54 Å². The van der Waals surface area contributed by atoms with Gasteiger partial charge in [-0.25, -0.2) is 4.39 Å². The van der Waals surface area contributed by atoms with Crippen LogP contribution in [0.5, 0.6) is 0 Å². The monoisotopic (exact) mass is 318 g/mol. The van der Waals surface area contributed by atoms with Gasteiger partial charge >= 0.3 is 6.18 Å². The second-order valence-corrected chi connectivity index (χ2v) is 5.92. The fourth-order valence-electron chi connectivity index (χ4n) is 2.93. The van der Waals surface area contributed by atoms with Crippen LogP contribution in [0.15, 0.2) is 18.2 Å². The maximum absolute atomic E-state index is 13.3. The van der Waals surface area contributed by atoms with Crippen LogP contribution < -0.4 is 5.32 Å². The second-order valence-electron chi connectivity index (χ2n) is 5.92. The van der Waals surface area contributed by atoms with E-state index in [0.29, 0.717) is 18.0 Å². The van der Waals surface area contributed by atoms with E-state index >= 15 is 0 Å². The number of alkyl halides is 3. The van der Waals surface area contributed by atoms with Crippen molar-refractivity contribution in [2.45, 2.75) is 32.0 Å². The summed E-state index contributed by atoms with van der Waals surface area (Å²) in [6.45, 7) is 3.21. The summed E-state index contributed by atoms with van der Waals surface area (Å²) in [6.07, 6.45) is -1.37. The average molecular weight is 318 g/mol. The van der Waals surface area contributed by atoms with Gasteiger partial charge in [0.05, 0.1) is 5.56 Å². The molecule has 1 aromatic carbocycles. The van der Waals surface area contributed by atoms with Gasteiger partial charge in [-0.1, -0.05) is 6.07 Å². The normalized spacial score (nSPS) is 17.9. The number of nitrogens with one attached hydrogen (secondary N) is 1. The standard InChI is InChI=1S/C16H22F4N2/c1-21-7-4-12-5-8-22(9-6-12)11-13-2-3-15(17)14(10-13)16(18,19)20/h2-3,10,12,21H,4-9,11H2,1H3. The Morgan fingerprint density at radius 2 is 1.91 bits per heavy atom. The molecule has 1 aliphatic rings. The summed E-state index contributed by atoms with van der Waals surface area (Å²) in [4.78, 5) is 2.14. The lowest BCUT2D eigenvalue weighted by molar-refractivity contribution is -0.140.